The van der Waals surface area contributed by atoms with Crippen LogP contribution in [0.1, 0.15) is 32.0 Å². The van der Waals surface area contributed by atoms with E-state index in [-0.39, 0.29) is 33.3 Å². The molecule has 32 heavy (non-hydrogen) atoms. The highest BCUT2D eigenvalue weighted by molar-refractivity contribution is 6.35. The van der Waals surface area contributed by atoms with E-state index in [1.165, 1.54) is 30.3 Å². The van der Waals surface area contributed by atoms with Gasteiger partial charge in [0, 0.05) is 27.4 Å². The Morgan fingerprint density at radius 1 is 0.906 bits per heavy atom. The number of pyridine rings is 1. The second-order valence-electron chi connectivity index (χ2n) is 6.66. The van der Waals surface area contributed by atoms with E-state index in [1.54, 1.807) is 24.4 Å². The first-order valence-corrected chi connectivity index (χ1v) is 9.97. The normalized spacial score (nSPS) is 11.8. The summed E-state index contributed by atoms with van der Waals surface area (Å²) in [4.78, 5) is 28.8. The van der Waals surface area contributed by atoms with E-state index >= 15 is 0 Å². The minimum Gasteiger partial charge on any atom is -0.346 e. The number of amides is 1. The van der Waals surface area contributed by atoms with Gasteiger partial charge >= 0.3 is 6.18 Å². The Morgan fingerprint density at radius 2 is 1.53 bits per heavy atom. The molecule has 3 rings (SSSR count). The topological polar surface area (TPSA) is 59.1 Å². The summed E-state index contributed by atoms with van der Waals surface area (Å²) in [6.07, 6.45) is -2.73. The van der Waals surface area contributed by atoms with Crippen LogP contribution in [0.25, 0.3) is 5.57 Å². The molecule has 0 aliphatic heterocycles. The highest BCUT2D eigenvalue weighted by Gasteiger charge is 2.35. The number of carbonyl (C=O) groups excluding carboxylic acids is 2. The van der Waals surface area contributed by atoms with Crippen molar-refractivity contribution < 1.29 is 22.8 Å². The quantitative estimate of drug-likeness (QED) is 0.341. The molecule has 164 valence electrons. The second kappa shape index (κ2) is 9.97. The molecule has 0 aliphatic carbocycles. The average molecular weight is 479 g/mol. The van der Waals surface area contributed by atoms with Gasteiger partial charge in [-0.25, -0.2) is 0 Å². The molecule has 0 fully saturated rings. The van der Waals surface area contributed by atoms with Crippen LogP contribution in [-0.4, -0.2) is 22.9 Å². The van der Waals surface area contributed by atoms with Crippen LogP contribution in [-0.2, 0) is 6.54 Å². The maximum absolute atomic E-state index is 13.6. The van der Waals surface area contributed by atoms with Crippen LogP contribution in [0.5, 0.6) is 0 Å². The van der Waals surface area contributed by atoms with Crippen LogP contribution in [0.3, 0.4) is 0 Å². The van der Waals surface area contributed by atoms with Crippen molar-refractivity contribution in [3.05, 3.63) is 105 Å². The lowest BCUT2D eigenvalue weighted by atomic mass is 10.0. The van der Waals surface area contributed by atoms with Crippen LogP contribution >= 0.6 is 23.2 Å². The fraction of sp³-hybridized carbons (Fsp3) is 0.0870. The maximum Gasteiger partial charge on any atom is 0.417 e. The lowest BCUT2D eigenvalue weighted by molar-refractivity contribution is -0.0689. The van der Waals surface area contributed by atoms with E-state index in [9.17, 15) is 22.8 Å². The molecule has 1 amide bonds. The zero-order valence-electron chi connectivity index (χ0n) is 16.3. The Hall–Kier alpha value is -3.16. The van der Waals surface area contributed by atoms with Gasteiger partial charge in [0.2, 0.25) is 0 Å². The monoisotopic (exact) mass is 478 g/mol. The number of nitrogens with one attached hydrogen (secondary N) is 1. The number of hydrogen-bond donors (Lipinski definition) is 1. The fourth-order valence-electron chi connectivity index (χ4n) is 2.81. The molecule has 9 heteroatoms. The maximum atomic E-state index is 13.6. The standard InChI is InChI=1S/C23H15Cl2F3N2O2/c24-17-9-16(10-18(25)11-17)20(23(26,27)28)12-21(31)14-4-6-15(7-5-14)22(32)30-13-19-3-1-2-8-29-19/h1-12H,13H2,(H,30,32)/b20-12+. The number of rotatable bonds is 6. The lowest BCUT2D eigenvalue weighted by Crippen LogP contribution is -2.23. The summed E-state index contributed by atoms with van der Waals surface area (Å²) in [5, 5.41) is 2.70. The van der Waals surface area contributed by atoms with Gasteiger partial charge in [0.1, 0.15) is 0 Å². The number of aromatic nitrogens is 1. The first-order chi connectivity index (χ1) is 15.1. The number of allylic oxidation sites excluding steroid dienone is 2. The van der Waals surface area contributed by atoms with Crippen molar-refractivity contribution in [1.82, 2.24) is 10.3 Å². The molecule has 0 saturated heterocycles. The molecular weight excluding hydrogens is 464 g/mol. The SMILES string of the molecule is O=C(/C=C(\c1cc(Cl)cc(Cl)c1)C(F)(F)F)c1ccc(C(=O)NCc2ccccn2)cc1. The molecule has 0 spiro atoms. The van der Waals surface area contributed by atoms with E-state index in [4.69, 9.17) is 23.2 Å². The molecule has 1 heterocycles. The number of carbonyl (C=O) groups is 2. The Morgan fingerprint density at radius 3 is 2.09 bits per heavy atom. The van der Waals surface area contributed by atoms with Crippen molar-refractivity contribution in [3.63, 3.8) is 0 Å². The van der Waals surface area contributed by atoms with Crippen LogP contribution in [0.4, 0.5) is 13.2 Å². The van der Waals surface area contributed by atoms with E-state index in [0.717, 1.165) is 12.1 Å². The van der Waals surface area contributed by atoms with Crippen molar-refractivity contribution in [2.24, 2.45) is 0 Å². The summed E-state index contributed by atoms with van der Waals surface area (Å²) in [5.74, 6) is -1.29. The number of halogens is 5. The van der Waals surface area contributed by atoms with Crippen molar-refractivity contribution >= 4 is 40.5 Å². The zero-order valence-corrected chi connectivity index (χ0v) is 17.8. The minimum atomic E-state index is -4.81. The van der Waals surface area contributed by atoms with Crippen molar-refractivity contribution in [1.29, 1.82) is 0 Å². The summed E-state index contributed by atoms with van der Waals surface area (Å²) in [5.41, 5.74) is -0.600. The minimum absolute atomic E-state index is 0.0103. The summed E-state index contributed by atoms with van der Waals surface area (Å²) >= 11 is 11.6. The molecule has 0 atom stereocenters. The fourth-order valence-corrected chi connectivity index (χ4v) is 3.34. The highest BCUT2D eigenvalue weighted by atomic mass is 35.5. The molecule has 4 nitrogen and oxygen atoms in total. The molecular formula is C23H15Cl2F3N2O2. The average Bonchev–Trinajstić information content (AvgIpc) is 2.75. The number of nitrogens with zero attached hydrogens (tertiary/aromatic N) is 1. The van der Waals surface area contributed by atoms with Gasteiger partial charge in [-0.15, -0.1) is 0 Å². The third kappa shape index (κ3) is 6.18. The Labute approximate surface area is 191 Å². The van der Waals surface area contributed by atoms with Gasteiger partial charge in [0.05, 0.1) is 17.8 Å². The summed E-state index contributed by atoms with van der Waals surface area (Å²) in [7, 11) is 0. The lowest BCUT2D eigenvalue weighted by Gasteiger charge is -2.13. The van der Waals surface area contributed by atoms with Crippen molar-refractivity contribution in [3.8, 4) is 0 Å². The molecule has 2 aromatic carbocycles. The van der Waals surface area contributed by atoms with E-state index in [1.807, 2.05) is 0 Å². The van der Waals surface area contributed by atoms with Gasteiger partial charge in [-0.1, -0.05) is 41.4 Å². The highest BCUT2D eigenvalue weighted by Crippen LogP contribution is 2.36. The number of benzene rings is 2. The van der Waals surface area contributed by atoms with Gasteiger partial charge in [-0.3, -0.25) is 14.6 Å². The van der Waals surface area contributed by atoms with E-state index in [2.05, 4.69) is 10.3 Å². The molecule has 1 N–H and O–H groups in total. The predicted octanol–water partition coefficient (Wildman–Crippen LogP) is 6.15. The molecule has 1 aromatic heterocycles. The van der Waals surface area contributed by atoms with Gasteiger partial charge in [-0.2, -0.15) is 13.2 Å². The Kier molecular flexibility index (Phi) is 7.33. The number of alkyl halides is 3. The van der Waals surface area contributed by atoms with Crippen LogP contribution in [0, 0.1) is 0 Å². The van der Waals surface area contributed by atoms with Gasteiger partial charge in [0.15, 0.2) is 5.78 Å². The molecule has 0 radical (unpaired) electrons. The van der Waals surface area contributed by atoms with Crippen LogP contribution in [0.15, 0.2) is 72.9 Å². The second-order valence-corrected chi connectivity index (χ2v) is 7.53. The molecule has 3 aromatic rings. The smallest absolute Gasteiger partial charge is 0.346 e. The summed E-state index contributed by atoms with van der Waals surface area (Å²) in [6.45, 7) is 0.209. The van der Waals surface area contributed by atoms with Crippen molar-refractivity contribution in [2.45, 2.75) is 12.7 Å². The summed E-state index contributed by atoms with van der Waals surface area (Å²) in [6, 6.07) is 14.0. The number of ketones is 1. The van der Waals surface area contributed by atoms with Gasteiger partial charge < -0.3 is 5.32 Å². The number of hydrogen-bond acceptors (Lipinski definition) is 3. The van der Waals surface area contributed by atoms with Crippen LogP contribution in [0.2, 0.25) is 10.0 Å². The third-order valence-electron chi connectivity index (χ3n) is 4.34. The first-order valence-electron chi connectivity index (χ1n) is 9.21. The van der Waals surface area contributed by atoms with Crippen LogP contribution < -0.4 is 5.32 Å². The molecule has 0 aliphatic rings. The van der Waals surface area contributed by atoms with E-state index < -0.39 is 23.4 Å². The molecule has 0 saturated carbocycles. The van der Waals surface area contributed by atoms with Crippen molar-refractivity contribution in [2.75, 3.05) is 0 Å². The Balaban J connectivity index is 1.78. The molecule has 0 unspecified atom stereocenters. The third-order valence-corrected chi connectivity index (χ3v) is 4.78. The zero-order chi connectivity index (χ0) is 23.3. The molecule has 0 bridgehead atoms. The van der Waals surface area contributed by atoms with E-state index in [0.29, 0.717) is 11.8 Å². The Bertz CT molecular complexity index is 1140. The summed E-state index contributed by atoms with van der Waals surface area (Å²) < 4.78 is 40.7. The predicted molar refractivity (Wildman–Crippen MR) is 117 cm³/mol. The van der Waals surface area contributed by atoms with Gasteiger partial charge in [0.25, 0.3) is 5.91 Å². The largest absolute Gasteiger partial charge is 0.417 e. The van der Waals surface area contributed by atoms with Gasteiger partial charge in [-0.05, 0) is 54.1 Å². The first kappa shape index (κ1) is 23.5.